The van der Waals surface area contributed by atoms with Gasteiger partial charge in [-0.2, -0.15) is 0 Å². The quantitative estimate of drug-likeness (QED) is 0.202. The van der Waals surface area contributed by atoms with E-state index in [9.17, 15) is 0 Å². The Morgan fingerprint density at radius 3 is 1.00 bits per heavy atom. The first-order valence-corrected chi connectivity index (χ1v) is 11.6. The van der Waals surface area contributed by atoms with E-state index in [1.54, 1.807) is 0 Å². The lowest BCUT2D eigenvalue weighted by molar-refractivity contribution is 1.71. The van der Waals surface area contributed by atoms with E-state index in [-0.39, 0.29) is 0 Å². The second-order valence-electron chi connectivity index (χ2n) is 9.38. The third-order valence-corrected chi connectivity index (χ3v) is 7.69. The molecule has 158 valence electrons. The van der Waals surface area contributed by atoms with Crippen LogP contribution in [-0.4, -0.2) is 0 Å². The maximum atomic E-state index is 6.38. The largest absolute Gasteiger partial charge is 0.398 e. The molecule has 8 aromatic rings. The van der Waals surface area contributed by atoms with E-state index in [2.05, 4.69) is 84.9 Å². The highest BCUT2D eigenvalue weighted by Crippen LogP contribution is 2.45. The molecule has 34 heavy (non-hydrogen) atoms. The van der Waals surface area contributed by atoms with E-state index in [0.29, 0.717) is 0 Å². The summed E-state index contributed by atoms with van der Waals surface area (Å²) in [5, 5.41) is 14.8. The van der Waals surface area contributed by atoms with E-state index in [0.717, 1.165) is 22.1 Å². The van der Waals surface area contributed by atoms with Gasteiger partial charge < -0.3 is 11.5 Å². The molecule has 0 aromatic heterocycles. The first-order chi connectivity index (χ1) is 16.7. The number of hydrogen-bond donors (Lipinski definition) is 2. The zero-order valence-electron chi connectivity index (χ0n) is 18.4. The third-order valence-electron chi connectivity index (χ3n) is 7.69. The zero-order chi connectivity index (χ0) is 22.6. The van der Waals surface area contributed by atoms with Crippen molar-refractivity contribution in [2.75, 3.05) is 11.5 Å². The van der Waals surface area contributed by atoms with Gasteiger partial charge in [0.2, 0.25) is 0 Å². The van der Waals surface area contributed by atoms with Crippen molar-refractivity contribution < 1.29 is 0 Å². The molecule has 0 aliphatic heterocycles. The minimum absolute atomic E-state index is 0.827. The van der Waals surface area contributed by atoms with Crippen LogP contribution >= 0.6 is 0 Å². The minimum atomic E-state index is 0.827. The predicted octanol–water partition coefficient (Wildman–Crippen LogP) is 8.31. The van der Waals surface area contributed by atoms with Gasteiger partial charge in [-0.15, -0.1) is 0 Å². The molecular formula is C32H20N2. The molecule has 2 nitrogen and oxygen atoms in total. The van der Waals surface area contributed by atoms with Crippen LogP contribution in [-0.2, 0) is 0 Å². The molecule has 0 aliphatic carbocycles. The molecule has 0 spiro atoms. The van der Waals surface area contributed by atoms with Crippen LogP contribution in [0.2, 0.25) is 0 Å². The summed E-state index contributed by atoms with van der Waals surface area (Å²) in [5.74, 6) is 0. The summed E-state index contributed by atoms with van der Waals surface area (Å²) in [6.07, 6.45) is 0. The van der Waals surface area contributed by atoms with Crippen molar-refractivity contribution in [1.82, 2.24) is 0 Å². The Morgan fingerprint density at radius 2 is 0.588 bits per heavy atom. The third kappa shape index (κ3) is 2.11. The number of benzene rings is 8. The number of nitrogen functional groups attached to an aromatic ring is 2. The Kier molecular flexibility index (Phi) is 3.20. The molecule has 4 N–H and O–H groups in total. The zero-order valence-corrected chi connectivity index (χ0v) is 18.4. The fraction of sp³-hybridized carbons (Fsp3) is 0. The molecule has 0 amide bonds. The summed E-state index contributed by atoms with van der Waals surface area (Å²) in [6.45, 7) is 0. The fourth-order valence-corrected chi connectivity index (χ4v) is 6.12. The van der Waals surface area contributed by atoms with Gasteiger partial charge in [0.1, 0.15) is 0 Å². The van der Waals surface area contributed by atoms with Crippen molar-refractivity contribution in [3.63, 3.8) is 0 Å². The van der Waals surface area contributed by atoms with Crippen LogP contribution in [0.5, 0.6) is 0 Å². The Bertz CT molecular complexity index is 1930. The van der Waals surface area contributed by atoms with Gasteiger partial charge in [0, 0.05) is 22.1 Å². The van der Waals surface area contributed by atoms with Crippen LogP contribution < -0.4 is 11.5 Å². The normalized spacial score (nSPS) is 12.4. The van der Waals surface area contributed by atoms with E-state index in [1.807, 2.05) is 12.1 Å². The maximum Gasteiger partial charge on any atom is 0.0394 e. The van der Waals surface area contributed by atoms with Crippen molar-refractivity contribution in [1.29, 1.82) is 0 Å². The van der Waals surface area contributed by atoms with E-state index in [1.165, 1.54) is 65.0 Å². The number of anilines is 2. The average molecular weight is 433 g/mol. The van der Waals surface area contributed by atoms with E-state index in [4.69, 9.17) is 11.5 Å². The van der Waals surface area contributed by atoms with E-state index >= 15 is 0 Å². The molecular weight excluding hydrogens is 412 g/mol. The van der Waals surface area contributed by atoms with Gasteiger partial charge >= 0.3 is 0 Å². The van der Waals surface area contributed by atoms with Gasteiger partial charge in [0.05, 0.1) is 0 Å². The fourth-order valence-electron chi connectivity index (χ4n) is 6.12. The molecule has 2 heteroatoms. The van der Waals surface area contributed by atoms with Crippen molar-refractivity contribution in [3.05, 3.63) is 97.1 Å². The molecule has 0 saturated carbocycles. The molecule has 0 saturated heterocycles. The topological polar surface area (TPSA) is 52.0 Å². The summed E-state index contributed by atoms with van der Waals surface area (Å²) in [7, 11) is 0. The van der Waals surface area contributed by atoms with Gasteiger partial charge in [0.25, 0.3) is 0 Å². The Labute approximate surface area is 195 Å². The lowest BCUT2D eigenvalue weighted by Crippen LogP contribution is -1.93. The van der Waals surface area contributed by atoms with Gasteiger partial charge in [-0.25, -0.2) is 0 Å². The van der Waals surface area contributed by atoms with Crippen molar-refractivity contribution in [2.24, 2.45) is 0 Å². The highest BCUT2D eigenvalue weighted by molar-refractivity contribution is 6.30. The number of nitrogens with two attached hydrogens (primary N) is 2. The number of rotatable bonds is 1. The maximum absolute atomic E-state index is 6.38. The molecule has 0 radical (unpaired) electrons. The summed E-state index contributed by atoms with van der Waals surface area (Å²) in [6, 6.07) is 35.0. The molecule has 0 aliphatic rings. The Balaban J connectivity index is 1.56. The van der Waals surface area contributed by atoms with Crippen LogP contribution in [0.1, 0.15) is 0 Å². The molecule has 8 aromatic carbocycles. The molecule has 0 atom stereocenters. The first-order valence-electron chi connectivity index (χ1n) is 11.6. The smallest absolute Gasteiger partial charge is 0.0394 e. The van der Waals surface area contributed by atoms with E-state index < -0.39 is 0 Å². The lowest BCUT2D eigenvalue weighted by Gasteiger charge is -2.18. The molecule has 0 fully saturated rings. The Hall–Kier alpha value is -4.56. The lowest BCUT2D eigenvalue weighted by atomic mass is 9.86. The monoisotopic (exact) mass is 432 g/mol. The first kappa shape index (κ1) is 17.9. The highest BCUT2D eigenvalue weighted by atomic mass is 14.6. The Morgan fingerprint density at radius 1 is 0.294 bits per heavy atom. The summed E-state index contributed by atoms with van der Waals surface area (Å²) >= 11 is 0. The SMILES string of the molecule is Nc1ccc2ccc3ccc(-c4ccc5ccc6ccc(N)c7ccc4c5c67)c4ccc1c2c34. The minimum Gasteiger partial charge on any atom is -0.398 e. The standard InChI is InChI=1S/C32H20N2/c33-27-15-7-19-3-1-17-5-9-21(23-11-13-25(27)31(19)29(17)23)22-10-6-18-2-4-20-8-16-28(34)26-14-12-24(22)30(18)32(20)26/h1-16H,33-34H2. The van der Waals surface area contributed by atoms with Crippen LogP contribution in [0.3, 0.4) is 0 Å². The van der Waals surface area contributed by atoms with Gasteiger partial charge in [0.15, 0.2) is 0 Å². The average Bonchev–Trinajstić information content (AvgIpc) is 2.88. The van der Waals surface area contributed by atoms with Gasteiger partial charge in [-0.05, 0) is 77.1 Å². The number of hydrogen-bond acceptors (Lipinski definition) is 2. The molecule has 0 unspecified atom stereocenters. The predicted molar refractivity (Wildman–Crippen MR) is 148 cm³/mol. The van der Waals surface area contributed by atoms with Crippen molar-refractivity contribution >= 4 is 76.0 Å². The van der Waals surface area contributed by atoms with Crippen LogP contribution in [0.4, 0.5) is 11.4 Å². The second-order valence-corrected chi connectivity index (χ2v) is 9.38. The second kappa shape index (κ2) is 6.06. The van der Waals surface area contributed by atoms with Crippen molar-refractivity contribution in [3.8, 4) is 11.1 Å². The summed E-state index contributed by atoms with van der Waals surface area (Å²) in [5.41, 5.74) is 16.9. The van der Waals surface area contributed by atoms with Crippen LogP contribution in [0.15, 0.2) is 97.1 Å². The van der Waals surface area contributed by atoms with Gasteiger partial charge in [-0.3, -0.25) is 0 Å². The summed E-state index contributed by atoms with van der Waals surface area (Å²) < 4.78 is 0. The molecule has 8 rings (SSSR count). The van der Waals surface area contributed by atoms with Crippen LogP contribution in [0.25, 0.3) is 75.8 Å². The molecule has 0 heterocycles. The highest BCUT2D eigenvalue weighted by Gasteiger charge is 2.17. The van der Waals surface area contributed by atoms with Gasteiger partial charge in [-0.1, -0.05) is 84.9 Å². The molecule has 0 bridgehead atoms. The van der Waals surface area contributed by atoms with Crippen molar-refractivity contribution in [2.45, 2.75) is 0 Å². The van der Waals surface area contributed by atoms with Crippen LogP contribution in [0, 0.1) is 0 Å². The summed E-state index contributed by atoms with van der Waals surface area (Å²) in [4.78, 5) is 0.